The molecule has 1 N–H and O–H groups in total. The first-order valence-electron chi connectivity index (χ1n) is 6.53. The topological polar surface area (TPSA) is 49.0 Å². The van der Waals surface area contributed by atoms with Crippen LogP contribution in [-0.2, 0) is 11.2 Å². The number of aromatic nitrogens is 2. The van der Waals surface area contributed by atoms with Crippen LogP contribution in [0.2, 0.25) is 0 Å². The smallest absolute Gasteiger partial charge is 0.227 e. The Morgan fingerprint density at radius 2 is 2.17 bits per heavy atom. The molecule has 4 nitrogen and oxygen atoms in total. The number of hydrogen-bond acceptors (Lipinski definition) is 2. The molecule has 4 heteroatoms. The molecule has 1 amide bonds. The summed E-state index contributed by atoms with van der Waals surface area (Å²) in [5.41, 5.74) is 1.91. The third kappa shape index (κ3) is 2.10. The second-order valence-corrected chi connectivity index (χ2v) is 4.83. The van der Waals surface area contributed by atoms with Crippen molar-refractivity contribution in [2.45, 2.75) is 25.7 Å². The van der Waals surface area contributed by atoms with Crippen molar-refractivity contribution >= 4 is 16.9 Å². The molecule has 0 atom stereocenters. The van der Waals surface area contributed by atoms with E-state index < -0.39 is 0 Å². The molecule has 2 aromatic heterocycles. The van der Waals surface area contributed by atoms with E-state index in [4.69, 9.17) is 0 Å². The van der Waals surface area contributed by atoms with E-state index in [-0.39, 0.29) is 5.91 Å². The van der Waals surface area contributed by atoms with Crippen molar-refractivity contribution < 1.29 is 4.79 Å². The number of nitrogens with zero attached hydrogens (tertiary/aromatic N) is 2. The van der Waals surface area contributed by atoms with Crippen LogP contribution in [0.5, 0.6) is 0 Å². The second-order valence-electron chi connectivity index (χ2n) is 4.83. The maximum atomic E-state index is 12.2. The number of piperidine rings is 1. The van der Waals surface area contributed by atoms with Crippen molar-refractivity contribution in [1.29, 1.82) is 0 Å². The highest BCUT2D eigenvalue weighted by Crippen LogP contribution is 2.18. The van der Waals surface area contributed by atoms with Crippen molar-refractivity contribution in [2.75, 3.05) is 13.1 Å². The Morgan fingerprint density at radius 1 is 1.33 bits per heavy atom. The van der Waals surface area contributed by atoms with Crippen LogP contribution in [0.1, 0.15) is 24.8 Å². The summed E-state index contributed by atoms with van der Waals surface area (Å²) in [6, 6.07) is 3.92. The van der Waals surface area contributed by atoms with Gasteiger partial charge >= 0.3 is 0 Å². The summed E-state index contributed by atoms with van der Waals surface area (Å²) in [5, 5.41) is 1.06. The maximum Gasteiger partial charge on any atom is 0.227 e. The number of rotatable bonds is 2. The van der Waals surface area contributed by atoms with Crippen LogP contribution >= 0.6 is 0 Å². The van der Waals surface area contributed by atoms with Gasteiger partial charge < -0.3 is 9.88 Å². The summed E-state index contributed by atoms with van der Waals surface area (Å²) in [6.45, 7) is 1.83. The number of carbonyl (C=O) groups is 1. The number of carbonyl (C=O) groups excluding carboxylic acids is 1. The van der Waals surface area contributed by atoms with E-state index in [1.165, 1.54) is 6.42 Å². The molecule has 1 aliphatic rings. The molecular weight excluding hydrogens is 226 g/mol. The largest absolute Gasteiger partial charge is 0.346 e. The number of hydrogen-bond donors (Lipinski definition) is 1. The lowest BCUT2D eigenvalue weighted by molar-refractivity contribution is -0.131. The van der Waals surface area contributed by atoms with Gasteiger partial charge in [0, 0.05) is 30.9 Å². The minimum Gasteiger partial charge on any atom is -0.346 e. The van der Waals surface area contributed by atoms with Gasteiger partial charge in [-0.15, -0.1) is 0 Å². The summed E-state index contributed by atoms with van der Waals surface area (Å²) in [4.78, 5) is 21.5. The summed E-state index contributed by atoms with van der Waals surface area (Å²) in [6.07, 6.45) is 7.67. The maximum absolute atomic E-state index is 12.2. The molecule has 0 radical (unpaired) electrons. The average molecular weight is 243 g/mol. The molecule has 1 saturated heterocycles. The van der Waals surface area contributed by atoms with Crippen LogP contribution in [0.25, 0.3) is 11.0 Å². The normalized spacial score (nSPS) is 16.1. The fourth-order valence-corrected chi connectivity index (χ4v) is 2.58. The van der Waals surface area contributed by atoms with Crippen molar-refractivity contribution in [2.24, 2.45) is 0 Å². The van der Waals surface area contributed by atoms with Gasteiger partial charge in [0.1, 0.15) is 5.65 Å². The Balaban J connectivity index is 1.77. The molecule has 18 heavy (non-hydrogen) atoms. The summed E-state index contributed by atoms with van der Waals surface area (Å²) in [5.74, 6) is 0.236. The number of likely N-dealkylation sites (tertiary alicyclic amines) is 1. The van der Waals surface area contributed by atoms with Crippen LogP contribution in [0.4, 0.5) is 0 Å². The molecule has 3 rings (SSSR count). The van der Waals surface area contributed by atoms with Gasteiger partial charge in [0.2, 0.25) is 5.91 Å². The first-order valence-corrected chi connectivity index (χ1v) is 6.53. The first kappa shape index (κ1) is 11.3. The minimum absolute atomic E-state index is 0.236. The van der Waals surface area contributed by atoms with Gasteiger partial charge in [-0.05, 0) is 37.0 Å². The average Bonchev–Trinajstić information content (AvgIpc) is 2.83. The number of H-pyrrole nitrogens is 1. The number of fused-ring (bicyclic) bond motifs is 1. The summed E-state index contributed by atoms with van der Waals surface area (Å²) < 4.78 is 0. The van der Waals surface area contributed by atoms with Crippen LogP contribution in [-0.4, -0.2) is 33.9 Å². The summed E-state index contributed by atoms with van der Waals surface area (Å²) >= 11 is 0. The van der Waals surface area contributed by atoms with E-state index in [1.54, 1.807) is 6.20 Å². The molecular formula is C14H17N3O. The highest BCUT2D eigenvalue weighted by atomic mass is 16.2. The zero-order valence-corrected chi connectivity index (χ0v) is 10.4. The quantitative estimate of drug-likeness (QED) is 0.878. The lowest BCUT2D eigenvalue weighted by Gasteiger charge is -2.26. The van der Waals surface area contributed by atoms with Crippen molar-refractivity contribution in [3.63, 3.8) is 0 Å². The molecule has 1 fully saturated rings. The Morgan fingerprint density at radius 3 is 3.00 bits per heavy atom. The van der Waals surface area contributed by atoms with E-state index >= 15 is 0 Å². The van der Waals surface area contributed by atoms with Crippen LogP contribution in [0.15, 0.2) is 24.5 Å². The van der Waals surface area contributed by atoms with E-state index in [9.17, 15) is 4.79 Å². The minimum atomic E-state index is 0.236. The van der Waals surface area contributed by atoms with E-state index in [1.807, 2.05) is 23.2 Å². The molecule has 3 heterocycles. The number of aromatic amines is 1. The van der Waals surface area contributed by atoms with Crippen molar-refractivity contribution in [1.82, 2.24) is 14.9 Å². The Kier molecular flexibility index (Phi) is 3.00. The van der Waals surface area contributed by atoms with E-state index in [0.29, 0.717) is 6.42 Å². The number of pyridine rings is 1. The predicted octanol–water partition coefficient (Wildman–Crippen LogP) is 2.12. The van der Waals surface area contributed by atoms with Gasteiger partial charge in [0.05, 0.1) is 6.42 Å². The fraction of sp³-hybridized carbons (Fsp3) is 0.429. The molecule has 0 bridgehead atoms. The van der Waals surface area contributed by atoms with Crippen LogP contribution in [0.3, 0.4) is 0 Å². The summed E-state index contributed by atoms with van der Waals surface area (Å²) in [7, 11) is 0. The molecule has 0 aliphatic carbocycles. The van der Waals surface area contributed by atoms with E-state index in [2.05, 4.69) is 9.97 Å². The Labute approximate surface area is 106 Å². The highest BCUT2D eigenvalue weighted by Gasteiger charge is 2.18. The third-order valence-corrected chi connectivity index (χ3v) is 3.59. The number of amides is 1. The van der Waals surface area contributed by atoms with Crippen molar-refractivity contribution in [3.8, 4) is 0 Å². The predicted molar refractivity (Wildman–Crippen MR) is 70.2 cm³/mol. The van der Waals surface area contributed by atoms with E-state index in [0.717, 1.165) is 42.5 Å². The number of nitrogens with one attached hydrogen (secondary N) is 1. The molecule has 0 spiro atoms. The van der Waals surface area contributed by atoms with Gasteiger partial charge in [-0.25, -0.2) is 4.98 Å². The molecule has 2 aromatic rings. The van der Waals surface area contributed by atoms with Crippen LogP contribution < -0.4 is 0 Å². The Bertz CT molecular complexity index is 555. The zero-order chi connectivity index (χ0) is 12.4. The third-order valence-electron chi connectivity index (χ3n) is 3.59. The SMILES string of the molecule is O=C(Cc1c[nH]c2ncccc12)N1CCCCC1. The van der Waals surface area contributed by atoms with Crippen LogP contribution in [0, 0.1) is 0 Å². The lowest BCUT2D eigenvalue weighted by atomic mass is 10.1. The van der Waals surface area contributed by atoms with Gasteiger partial charge in [0.25, 0.3) is 0 Å². The monoisotopic (exact) mass is 243 g/mol. The van der Waals surface area contributed by atoms with Gasteiger partial charge in [-0.1, -0.05) is 0 Å². The van der Waals surface area contributed by atoms with Gasteiger partial charge in [-0.3, -0.25) is 4.79 Å². The Hall–Kier alpha value is -1.84. The first-order chi connectivity index (χ1) is 8.84. The second kappa shape index (κ2) is 4.80. The molecule has 0 saturated carbocycles. The highest BCUT2D eigenvalue weighted by molar-refractivity contribution is 5.87. The molecule has 1 aliphatic heterocycles. The molecule has 94 valence electrons. The van der Waals surface area contributed by atoms with Gasteiger partial charge in [-0.2, -0.15) is 0 Å². The fourth-order valence-electron chi connectivity index (χ4n) is 2.58. The molecule has 0 unspecified atom stereocenters. The lowest BCUT2D eigenvalue weighted by Crippen LogP contribution is -2.36. The zero-order valence-electron chi connectivity index (χ0n) is 10.4. The van der Waals surface area contributed by atoms with Gasteiger partial charge in [0.15, 0.2) is 0 Å². The standard InChI is InChI=1S/C14H17N3O/c18-13(17-7-2-1-3-8-17)9-11-10-16-14-12(11)5-4-6-15-14/h4-6,10H,1-3,7-9H2,(H,15,16). The molecule has 0 aromatic carbocycles. The van der Waals surface area contributed by atoms with Crippen molar-refractivity contribution in [3.05, 3.63) is 30.1 Å².